The van der Waals surface area contributed by atoms with Gasteiger partial charge in [0.25, 0.3) is 0 Å². The number of oxime groups is 1. The van der Waals surface area contributed by atoms with Crippen LogP contribution in [-0.4, -0.2) is 23.6 Å². The third-order valence-electron chi connectivity index (χ3n) is 2.54. The average Bonchev–Trinajstić information content (AvgIpc) is 2.47. The van der Waals surface area contributed by atoms with E-state index in [1.54, 1.807) is 0 Å². The molecule has 1 rings (SSSR count). The standard InChI is InChI=1S/C8H17N3O/c1-6-3-2-4-7(6)10-5-8(9)11-12/h6-7,10,12H,2-5H2,1H3,(H2,9,11). The Morgan fingerprint density at radius 2 is 2.42 bits per heavy atom. The van der Waals surface area contributed by atoms with Crippen LogP contribution in [0.2, 0.25) is 0 Å². The first-order chi connectivity index (χ1) is 5.74. The number of rotatable bonds is 3. The quantitative estimate of drug-likeness (QED) is 0.251. The first-order valence-corrected chi connectivity index (χ1v) is 4.44. The molecule has 1 aliphatic rings. The molecule has 0 aromatic rings. The molecule has 2 atom stereocenters. The monoisotopic (exact) mass is 171 g/mol. The van der Waals surface area contributed by atoms with Crippen LogP contribution < -0.4 is 11.1 Å². The van der Waals surface area contributed by atoms with Crippen LogP contribution in [0.5, 0.6) is 0 Å². The molecule has 0 spiro atoms. The van der Waals surface area contributed by atoms with Crippen LogP contribution in [0.1, 0.15) is 26.2 Å². The van der Waals surface area contributed by atoms with Gasteiger partial charge in [-0.25, -0.2) is 0 Å². The van der Waals surface area contributed by atoms with Crippen molar-refractivity contribution in [3.05, 3.63) is 0 Å². The number of hydrogen-bond acceptors (Lipinski definition) is 3. The Balaban J connectivity index is 2.22. The lowest BCUT2D eigenvalue weighted by atomic mass is 10.1. The predicted octanol–water partition coefficient (Wildman–Crippen LogP) is 0.511. The second kappa shape index (κ2) is 4.30. The maximum absolute atomic E-state index is 8.30. The van der Waals surface area contributed by atoms with Crippen molar-refractivity contribution in [2.75, 3.05) is 6.54 Å². The molecule has 0 saturated heterocycles. The van der Waals surface area contributed by atoms with Crippen molar-refractivity contribution in [2.45, 2.75) is 32.2 Å². The second-order valence-corrected chi connectivity index (χ2v) is 3.49. The van der Waals surface area contributed by atoms with Gasteiger partial charge in [-0.3, -0.25) is 0 Å². The summed E-state index contributed by atoms with van der Waals surface area (Å²) in [5, 5.41) is 14.5. The molecule has 0 heterocycles. The molecule has 0 aromatic heterocycles. The molecule has 0 amide bonds. The fourth-order valence-corrected chi connectivity index (χ4v) is 1.72. The zero-order valence-electron chi connectivity index (χ0n) is 7.45. The Kier molecular flexibility index (Phi) is 3.34. The Labute approximate surface area is 72.8 Å². The SMILES string of the molecule is CC1CCCC1NCC(N)=NO. The summed E-state index contributed by atoms with van der Waals surface area (Å²) < 4.78 is 0. The number of nitrogens with two attached hydrogens (primary N) is 1. The number of nitrogens with one attached hydrogen (secondary N) is 1. The molecule has 0 aliphatic heterocycles. The van der Waals surface area contributed by atoms with Crippen LogP contribution in [-0.2, 0) is 0 Å². The number of amidine groups is 1. The predicted molar refractivity (Wildman–Crippen MR) is 48.2 cm³/mol. The lowest BCUT2D eigenvalue weighted by Gasteiger charge is -2.16. The summed E-state index contributed by atoms with van der Waals surface area (Å²) in [6.45, 7) is 2.72. The smallest absolute Gasteiger partial charge is 0.153 e. The zero-order valence-corrected chi connectivity index (χ0v) is 7.45. The number of nitrogens with zero attached hydrogens (tertiary/aromatic N) is 1. The lowest BCUT2D eigenvalue weighted by Crippen LogP contribution is -2.38. The highest BCUT2D eigenvalue weighted by Gasteiger charge is 2.22. The summed E-state index contributed by atoms with van der Waals surface area (Å²) in [7, 11) is 0. The molecular formula is C8H17N3O. The van der Waals surface area contributed by atoms with E-state index in [1.807, 2.05) is 0 Å². The van der Waals surface area contributed by atoms with Crippen molar-refractivity contribution < 1.29 is 5.21 Å². The molecule has 2 unspecified atom stereocenters. The molecule has 4 N–H and O–H groups in total. The van der Waals surface area contributed by atoms with Crippen molar-refractivity contribution >= 4 is 5.84 Å². The molecule has 12 heavy (non-hydrogen) atoms. The van der Waals surface area contributed by atoms with Crippen LogP contribution >= 0.6 is 0 Å². The van der Waals surface area contributed by atoms with Crippen LogP contribution in [0.15, 0.2) is 5.16 Å². The van der Waals surface area contributed by atoms with E-state index < -0.39 is 0 Å². The largest absolute Gasteiger partial charge is 0.409 e. The highest BCUT2D eigenvalue weighted by atomic mass is 16.4. The summed E-state index contributed by atoms with van der Waals surface area (Å²) in [4.78, 5) is 0. The molecule has 4 heteroatoms. The minimum absolute atomic E-state index is 0.258. The van der Waals surface area contributed by atoms with E-state index in [0.29, 0.717) is 12.6 Å². The van der Waals surface area contributed by atoms with Gasteiger partial charge in [-0.15, -0.1) is 0 Å². The molecule has 1 aliphatic carbocycles. The first kappa shape index (κ1) is 9.32. The molecule has 0 radical (unpaired) electrons. The molecule has 0 bridgehead atoms. The summed E-state index contributed by atoms with van der Waals surface area (Å²) >= 11 is 0. The van der Waals surface area contributed by atoms with Crippen molar-refractivity contribution in [3.63, 3.8) is 0 Å². The van der Waals surface area contributed by atoms with E-state index in [9.17, 15) is 0 Å². The van der Waals surface area contributed by atoms with Crippen molar-refractivity contribution in [1.82, 2.24) is 5.32 Å². The van der Waals surface area contributed by atoms with Gasteiger partial charge in [0.2, 0.25) is 0 Å². The van der Waals surface area contributed by atoms with Crippen molar-refractivity contribution in [2.24, 2.45) is 16.8 Å². The molecular weight excluding hydrogens is 154 g/mol. The fourth-order valence-electron chi connectivity index (χ4n) is 1.72. The van der Waals surface area contributed by atoms with Crippen LogP contribution in [0, 0.1) is 5.92 Å². The summed E-state index contributed by atoms with van der Waals surface area (Å²) in [6.07, 6.45) is 3.78. The van der Waals surface area contributed by atoms with E-state index in [1.165, 1.54) is 19.3 Å². The average molecular weight is 171 g/mol. The Morgan fingerprint density at radius 3 is 2.92 bits per heavy atom. The van der Waals surface area contributed by atoms with Gasteiger partial charge in [-0.1, -0.05) is 18.5 Å². The summed E-state index contributed by atoms with van der Waals surface area (Å²) in [5.41, 5.74) is 5.33. The van der Waals surface area contributed by atoms with Gasteiger partial charge in [0.15, 0.2) is 5.84 Å². The Hall–Kier alpha value is -0.770. The van der Waals surface area contributed by atoms with Crippen molar-refractivity contribution in [1.29, 1.82) is 0 Å². The number of hydrogen-bond donors (Lipinski definition) is 3. The van der Waals surface area contributed by atoms with E-state index >= 15 is 0 Å². The Bertz CT molecular complexity index is 170. The van der Waals surface area contributed by atoms with Gasteiger partial charge >= 0.3 is 0 Å². The normalized spacial score (nSPS) is 30.9. The molecule has 0 aromatic carbocycles. The topological polar surface area (TPSA) is 70.6 Å². The van der Waals surface area contributed by atoms with Gasteiger partial charge in [0.1, 0.15) is 0 Å². The fraction of sp³-hybridized carbons (Fsp3) is 0.875. The van der Waals surface area contributed by atoms with Gasteiger partial charge in [-0.05, 0) is 18.8 Å². The van der Waals surface area contributed by atoms with Crippen LogP contribution in [0.3, 0.4) is 0 Å². The molecule has 70 valence electrons. The Morgan fingerprint density at radius 1 is 1.67 bits per heavy atom. The van der Waals surface area contributed by atoms with Crippen LogP contribution in [0.25, 0.3) is 0 Å². The van der Waals surface area contributed by atoms with Crippen molar-refractivity contribution in [3.8, 4) is 0 Å². The van der Waals surface area contributed by atoms with E-state index in [0.717, 1.165) is 5.92 Å². The van der Waals surface area contributed by atoms with E-state index in [-0.39, 0.29) is 5.84 Å². The summed E-state index contributed by atoms with van der Waals surface area (Å²) in [6, 6.07) is 0.547. The van der Waals surface area contributed by atoms with E-state index in [2.05, 4.69) is 17.4 Å². The van der Waals surface area contributed by atoms with Gasteiger partial charge in [-0.2, -0.15) is 0 Å². The van der Waals surface area contributed by atoms with Crippen LogP contribution in [0.4, 0.5) is 0 Å². The highest BCUT2D eigenvalue weighted by molar-refractivity contribution is 5.81. The second-order valence-electron chi connectivity index (χ2n) is 3.49. The first-order valence-electron chi connectivity index (χ1n) is 4.44. The molecule has 1 fully saturated rings. The maximum Gasteiger partial charge on any atom is 0.153 e. The van der Waals surface area contributed by atoms with Gasteiger partial charge < -0.3 is 16.3 Å². The maximum atomic E-state index is 8.30. The molecule has 1 saturated carbocycles. The van der Waals surface area contributed by atoms with Gasteiger partial charge in [0.05, 0.1) is 6.54 Å². The zero-order chi connectivity index (χ0) is 8.97. The minimum Gasteiger partial charge on any atom is -0.409 e. The molecule has 4 nitrogen and oxygen atoms in total. The minimum atomic E-state index is 0.258. The summed E-state index contributed by atoms with van der Waals surface area (Å²) in [5.74, 6) is 0.977. The van der Waals surface area contributed by atoms with E-state index in [4.69, 9.17) is 10.9 Å². The lowest BCUT2D eigenvalue weighted by molar-refractivity contribution is 0.316. The third-order valence-corrected chi connectivity index (χ3v) is 2.54. The third kappa shape index (κ3) is 2.37. The van der Waals surface area contributed by atoms with Gasteiger partial charge in [0, 0.05) is 6.04 Å². The highest BCUT2D eigenvalue weighted by Crippen LogP contribution is 2.24.